The lowest BCUT2D eigenvalue weighted by Crippen LogP contribution is -2.47. The van der Waals surface area contributed by atoms with Gasteiger partial charge in [-0.1, -0.05) is 0 Å². The first kappa shape index (κ1) is 21.9. The lowest BCUT2D eigenvalue weighted by Gasteiger charge is -2.32. The fraction of sp³-hybridized carbons (Fsp3) is 0.500. The minimum absolute atomic E-state index is 0.185. The van der Waals surface area contributed by atoms with E-state index in [2.05, 4.69) is 24.8 Å². The molecule has 0 unspecified atom stereocenters. The number of furan rings is 1. The number of nitrogens with zero attached hydrogens (tertiary/aromatic N) is 7. The fourth-order valence-electron chi connectivity index (χ4n) is 4.07. The third-order valence-corrected chi connectivity index (χ3v) is 7.15. The normalized spacial score (nSPS) is 18.8. The van der Waals surface area contributed by atoms with Gasteiger partial charge in [0.05, 0.1) is 37.0 Å². The Kier molecular flexibility index (Phi) is 5.86. The maximum absolute atomic E-state index is 11.8. The minimum atomic E-state index is -3.16. The highest BCUT2D eigenvalue weighted by atomic mass is 32.2. The molecule has 13 heteroatoms. The highest BCUT2D eigenvalue weighted by Gasteiger charge is 2.25. The number of sulfonamides is 1. The van der Waals surface area contributed by atoms with Crippen molar-refractivity contribution < 1.29 is 17.6 Å². The SMILES string of the molecule is CS(=O)(=O)N1CCN(Cc2cc3c(N4CCOCC4)nc(-c4cnc(N)nc4)nc3o2)CC1. The van der Waals surface area contributed by atoms with E-state index in [0.29, 0.717) is 63.0 Å². The van der Waals surface area contributed by atoms with Gasteiger partial charge in [-0.25, -0.2) is 23.4 Å². The van der Waals surface area contributed by atoms with Crippen LogP contribution >= 0.6 is 0 Å². The van der Waals surface area contributed by atoms with Crippen molar-refractivity contribution in [3.8, 4) is 11.4 Å². The molecule has 0 spiro atoms. The van der Waals surface area contributed by atoms with Crippen LogP contribution in [0.4, 0.5) is 11.8 Å². The topological polar surface area (TPSA) is 144 Å². The van der Waals surface area contributed by atoms with Crippen LogP contribution in [0.5, 0.6) is 0 Å². The monoisotopic (exact) mass is 474 g/mol. The van der Waals surface area contributed by atoms with Crippen molar-refractivity contribution in [2.75, 3.05) is 69.4 Å². The Bertz CT molecular complexity index is 1230. The van der Waals surface area contributed by atoms with Gasteiger partial charge in [0.1, 0.15) is 11.6 Å². The molecule has 12 nitrogen and oxygen atoms in total. The van der Waals surface area contributed by atoms with Crippen molar-refractivity contribution in [3.05, 3.63) is 24.2 Å². The number of hydrogen-bond acceptors (Lipinski definition) is 11. The number of ether oxygens (including phenoxy) is 1. The minimum Gasteiger partial charge on any atom is -0.441 e. The average molecular weight is 475 g/mol. The van der Waals surface area contributed by atoms with Crippen LogP contribution in [-0.4, -0.2) is 96.3 Å². The Balaban J connectivity index is 1.45. The van der Waals surface area contributed by atoms with Gasteiger partial charge >= 0.3 is 0 Å². The van der Waals surface area contributed by atoms with E-state index in [1.807, 2.05) is 6.07 Å². The third kappa shape index (κ3) is 4.76. The van der Waals surface area contributed by atoms with Crippen molar-refractivity contribution in [2.45, 2.75) is 6.54 Å². The Morgan fingerprint density at radius 3 is 2.39 bits per heavy atom. The van der Waals surface area contributed by atoms with Crippen molar-refractivity contribution in [2.24, 2.45) is 0 Å². The van der Waals surface area contributed by atoms with Crippen LogP contribution in [0.25, 0.3) is 22.5 Å². The number of hydrogen-bond donors (Lipinski definition) is 1. The number of anilines is 2. The molecule has 2 fully saturated rings. The number of nitrogen functional groups attached to an aromatic ring is 1. The standard InChI is InChI=1S/C20H26N8O4S/c1-33(29,30)28-4-2-26(3-5-28)13-15-10-16-18(27-6-8-31-9-7-27)24-17(25-19(16)32-15)14-11-22-20(21)23-12-14/h10-12H,2-9,13H2,1H3,(H2,21,22,23). The van der Waals surface area contributed by atoms with Crippen LogP contribution in [0, 0.1) is 0 Å². The van der Waals surface area contributed by atoms with E-state index < -0.39 is 10.0 Å². The van der Waals surface area contributed by atoms with E-state index in [1.54, 1.807) is 12.4 Å². The van der Waals surface area contributed by atoms with Crippen LogP contribution in [-0.2, 0) is 21.3 Å². The van der Waals surface area contributed by atoms with Crippen LogP contribution in [0.15, 0.2) is 22.9 Å². The predicted molar refractivity (Wildman–Crippen MR) is 122 cm³/mol. The second-order valence-electron chi connectivity index (χ2n) is 8.17. The van der Waals surface area contributed by atoms with E-state index in [9.17, 15) is 8.42 Å². The summed E-state index contributed by atoms with van der Waals surface area (Å²) in [5, 5.41) is 0.835. The summed E-state index contributed by atoms with van der Waals surface area (Å²) in [7, 11) is -3.16. The molecule has 5 rings (SSSR count). The Hall–Kier alpha value is -2.87. The van der Waals surface area contributed by atoms with Crippen molar-refractivity contribution in [1.82, 2.24) is 29.1 Å². The first-order chi connectivity index (χ1) is 15.9. The maximum atomic E-state index is 11.8. The number of nitrogens with two attached hydrogens (primary N) is 1. The number of rotatable bonds is 5. The molecule has 0 aromatic carbocycles. The smallest absolute Gasteiger partial charge is 0.232 e. The third-order valence-electron chi connectivity index (χ3n) is 5.84. The van der Waals surface area contributed by atoms with E-state index in [1.165, 1.54) is 10.6 Å². The van der Waals surface area contributed by atoms with Crippen molar-refractivity contribution in [1.29, 1.82) is 0 Å². The van der Waals surface area contributed by atoms with E-state index in [0.717, 1.165) is 30.1 Å². The summed E-state index contributed by atoms with van der Waals surface area (Å²) in [6.07, 6.45) is 4.44. The number of piperazine rings is 1. The molecule has 3 aromatic rings. The predicted octanol–water partition coefficient (Wildman–Crippen LogP) is 0.176. The zero-order valence-electron chi connectivity index (χ0n) is 18.3. The molecule has 0 radical (unpaired) electrons. The molecule has 0 atom stereocenters. The number of morpholine rings is 1. The summed E-state index contributed by atoms with van der Waals surface area (Å²) >= 11 is 0. The molecule has 0 bridgehead atoms. The van der Waals surface area contributed by atoms with Crippen LogP contribution in [0.1, 0.15) is 5.76 Å². The molecule has 0 amide bonds. The molecule has 2 saturated heterocycles. The van der Waals surface area contributed by atoms with Gasteiger partial charge in [-0.05, 0) is 6.07 Å². The van der Waals surface area contributed by atoms with Crippen LogP contribution in [0.3, 0.4) is 0 Å². The fourth-order valence-corrected chi connectivity index (χ4v) is 4.90. The number of fused-ring (bicyclic) bond motifs is 1. The second-order valence-corrected chi connectivity index (χ2v) is 10.2. The van der Waals surface area contributed by atoms with Crippen molar-refractivity contribution >= 4 is 32.9 Å². The Morgan fingerprint density at radius 1 is 1.03 bits per heavy atom. The molecule has 0 saturated carbocycles. The van der Waals surface area contributed by atoms with E-state index in [-0.39, 0.29) is 5.95 Å². The van der Waals surface area contributed by atoms with Crippen molar-refractivity contribution in [3.63, 3.8) is 0 Å². The van der Waals surface area contributed by atoms with Crippen LogP contribution < -0.4 is 10.6 Å². The van der Waals surface area contributed by atoms with Crippen LogP contribution in [0.2, 0.25) is 0 Å². The lowest BCUT2D eigenvalue weighted by molar-refractivity contribution is 0.122. The summed E-state index contributed by atoms with van der Waals surface area (Å²) in [5.41, 5.74) is 6.76. The summed E-state index contributed by atoms with van der Waals surface area (Å²) < 4.78 is 36.7. The molecule has 33 heavy (non-hydrogen) atoms. The summed E-state index contributed by atoms with van der Waals surface area (Å²) in [6.45, 7) is 5.48. The lowest BCUT2D eigenvalue weighted by atomic mass is 10.2. The summed E-state index contributed by atoms with van der Waals surface area (Å²) in [6, 6.07) is 1.98. The molecule has 2 aliphatic heterocycles. The van der Waals surface area contributed by atoms with E-state index >= 15 is 0 Å². The average Bonchev–Trinajstić information content (AvgIpc) is 3.21. The maximum Gasteiger partial charge on any atom is 0.232 e. The zero-order chi connectivity index (χ0) is 23.0. The summed E-state index contributed by atoms with van der Waals surface area (Å²) in [5.74, 6) is 2.19. The highest BCUT2D eigenvalue weighted by molar-refractivity contribution is 7.88. The Morgan fingerprint density at radius 2 is 1.73 bits per heavy atom. The molecule has 3 aromatic heterocycles. The molecular formula is C20H26N8O4S. The highest BCUT2D eigenvalue weighted by Crippen LogP contribution is 2.31. The Labute approximate surface area is 191 Å². The largest absolute Gasteiger partial charge is 0.441 e. The van der Waals surface area contributed by atoms with Gasteiger partial charge in [-0.3, -0.25) is 4.90 Å². The zero-order valence-corrected chi connectivity index (χ0v) is 19.2. The number of aromatic nitrogens is 4. The van der Waals surface area contributed by atoms with Gasteiger partial charge in [0.2, 0.25) is 21.7 Å². The molecule has 2 N–H and O–H groups in total. The second kappa shape index (κ2) is 8.82. The van der Waals surface area contributed by atoms with Gasteiger partial charge in [-0.2, -0.15) is 9.29 Å². The first-order valence-corrected chi connectivity index (χ1v) is 12.6. The molecule has 5 heterocycles. The molecular weight excluding hydrogens is 448 g/mol. The molecule has 2 aliphatic rings. The van der Waals surface area contributed by atoms with Gasteiger partial charge in [0.25, 0.3) is 0 Å². The van der Waals surface area contributed by atoms with Gasteiger partial charge in [0.15, 0.2) is 5.82 Å². The van der Waals surface area contributed by atoms with Gasteiger partial charge < -0.3 is 19.8 Å². The first-order valence-electron chi connectivity index (χ1n) is 10.8. The molecule has 0 aliphatic carbocycles. The van der Waals surface area contributed by atoms with Gasteiger partial charge in [0, 0.05) is 51.7 Å². The molecule has 176 valence electrons. The van der Waals surface area contributed by atoms with E-state index in [4.69, 9.17) is 19.9 Å². The summed E-state index contributed by atoms with van der Waals surface area (Å²) in [4.78, 5) is 21.9. The van der Waals surface area contributed by atoms with Gasteiger partial charge in [-0.15, -0.1) is 0 Å². The quantitative estimate of drug-likeness (QED) is 0.540.